The van der Waals surface area contributed by atoms with Gasteiger partial charge in [0.15, 0.2) is 0 Å². The average Bonchev–Trinajstić information content (AvgIpc) is 2.97. The van der Waals surface area contributed by atoms with Gasteiger partial charge in [-0.3, -0.25) is 9.69 Å². The minimum absolute atomic E-state index is 0.0735. The van der Waals surface area contributed by atoms with Gasteiger partial charge in [0.05, 0.1) is 5.92 Å². The van der Waals surface area contributed by atoms with E-state index in [9.17, 15) is 9.59 Å². The number of piperidine rings is 1. The summed E-state index contributed by atoms with van der Waals surface area (Å²) < 4.78 is 2.21. The van der Waals surface area contributed by atoms with Gasteiger partial charge < -0.3 is 14.8 Å². The molecule has 174 valence electrons. The highest BCUT2D eigenvalue weighted by atomic mass is 16.2. The van der Waals surface area contributed by atoms with Crippen LogP contribution in [0, 0.1) is 5.92 Å². The first kappa shape index (κ1) is 22.8. The van der Waals surface area contributed by atoms with Crippen molar-refractivity contribution in [2.24, 2.45) is 13.0 Å². The lowest BCUT2D eigenvalue weighted by Gasteiger charge is -2.47. The van der Waals surface area contributed by atoms with Gasteiger partial charge >= 0.3 is 6.03 Å². The molecule has 6 heteroatoms. The van der Waals surface area contributed by atoms with Gasteiger partial charge in [0, 0.05) is 53.7 Å². The van der Waals surface area contributed by atoms with E-state index in [2.05, 4.69) is 53.3 Å². The highest BCUT2D eigenvalue weighted by Gasteiger charge is 2.45. The number of likely N-dealkylation sites (tertiary alicyclic amines) is 1. The highest BCUT2D eigenvalue weighted by molar-refractivity contribution is 5.97. The van der Waals surface area contributed by atoms with Crippen LogP contribution in [0.15, 0.2) is 24.4 Å². The van der Waals surface area contributed by atoms with Crippen LogP contribution in [0.1, 0.15) is 65.0 Å². The Labute approximate surface area is 191 Å². The fourth-order valence-electron chi connectivity index (χ4n) is 5.69. The van der Waals surface area contributed by atoms with Crippen molar-refractivity contribution in [2.45, 2.75) is 77.4 Å². The monoisotopic (exact) mass is 438 g/mol. The number of carbonyl (C=O) groups is 2. The molecule has 0 saturated carbocycles. The number of hydrogen-bond acceptors (Lipinski definition) is 3. The number of imide groups is 1. The van der Waals surface area contributed by atoms with Crippen LogP contribution in [0.25, 0.3) is 10.9 Å². The van der Waals surface area contributed by atoms with Gasteiger partial charge in [0.2, 0.25) is 5.91 Å². The van der Waals surface area contributed by atoms with Crippen LogP contribution in [0.4, 0.5) is 4.79 Å². The van der Waals surface area contributed by atoms with Gasteiger partial charge in [0.25, 0.3) is 0 Å². The molecule has 0 spiro atoms. The second kappa shape index (κ2) is 7.62. The first-order valence-electron chi connectivity index (χ1n) is 11.7. The third kappa shape index (κ3) is 3.94. The molecule has 6 nitrogen and oxygen atoms in total. The van der Waals surface area contributed by atoms with Crippen molar-refractivity contribution < 1.29 is 9.59 Å². The molecule has 2 heterocycles. The highest BCUT2D eigenvalue weighted by Crippen LogP contribution is 2.45. The predicted octanol–water partition coefficient (Wildman–Crippen LogP) is 4.27. The molecule has 2 unspecified atom stereocenters. The number of urea groups is 1. The lowest BCUT2D eigenvalue weighted by Crippen LogP contribution is -2.60. The third-order valence-corrected chi connectivity index (χ3v) is 6.96. The van der Waals surface area contributed by atoms with E-state index in [4.69, 9.17) is 0 Å². The van der Waals surface area contributed by atoms with Crippen molar-refractivity contribution in [3.05, 3.63) is 35.5 Å². The maximum atomic E-state index is 13.8. The molecular formula is C26H38N4O2. The molecule has 1 fully saturated rings. The minimum Gasteiger partial charge on any atom is -0.350 e. The normalized spacial score (nSPS) is 23.7. The van der Waals surface area contributed by atoms with Crippen molar-refractivity contribution >= 4 is 22.8 Å². The molecule has 2 aliphatic rings. The fraction of sp³-hybridized carbons (Fsp3) is 0.615. The number of aryl methyl sites for hydroxylation is 1. The summed E-state index contributed by atoms with van der Waals surface area (Å²) >= 11 is 0. The van der Waals surface area contributed by atoms with Crippen molar-refractivity contribution in [2.75, 3.05) is 13.6 Å². The summed E-state index contributed by atoms with van der Waals surface area (Å²) in [6.45, 7) is 12.3. The third-order valence-electron chi connectivity index (χ3n) is 6.96. The topological polar surface area (TPSA) is 57.6 Å². The Morgan fingerprint density at radius 1 is 1.09 bits per heavy atom. The maximum absolute atomic E-state index is 13.8. The first-order chi connectivity index (χ1) is 14.8. The van der Waals surface area contributed by atoms with E-state index in [1.807, 2.05) is 41.5 Å². The summed E-state index contributed by atoms with van der Waals surface area (Å²) in [5.41, 5.74) is 3.00. The summed E-state index contributed by atoms with van der Waals surface area (Å²) in [7, 11) is 4.23. The quantitative estimate of drug-likeness (QED) is 0.723. The summed E-state index contributed by atoms with van der Waals surface area (Å²) in [4.78, 5) is 30.8. The van der Waals surface area contributed by atoms with Gasteiger partial charge in [-0.25, -0.2) is 4.79 Å². The second-order valence-electron chi connectivity index (χ2n) is 11.8. The number of likely N-dealkylation sites (N-methyl/N-ethyl adjacent to an activating group) is 1. The van der Waals surface area contributed by atoms with Crippen molar-refractivity contribution in [1.29, 1.82) is 0 Å². The van der Waals surface area contributed by atoms with Gasteiger partial charge in [-0.05, 0) is 78.6 Å². The van der Waals surface area contributed by atoms with Gasteiger partial charge in [-0.15, -0.1) is 0 Å². The Kier molecular flexibility index (Phi) is 5.44. The smallest absolute Gasteiger partial charge is 0.324 e. The predicted molar refractivity (Wildman–Crippen MR) is 129 cm³/mol. The Morgan fingerprint density at radius 2 is 1.78 bits per heavy atom. The molecule has 0 bridgehead atoms. The molecule has 0 radical (unpaired) electrons. The Bertz CT molecular complexity index is 1060. The van der Waals surface area contributed by atoms with Crippen LogP contribution in [0.2, 0.25) is 0 Å². The molecule has 1 aromatic carbocycles. The standard InChI is InChI=1S/C26H38N4O2/c1-25(2,3)27-24(32)30(26(4,5)6)23(31)17-12-19-18-10-9-11-20-22(18)16(14-28(20)7)13-21(19)29(8)15-17/h9-11,14,17,19,21H,12-13,15H2,1-8H3,(H,27,32)/t17?,19?,21-/m1/s1. The Morgan fingerprint density at radius 3 is 2.41 bits per heavy atom. The van der Waals surface area contributed by atoms with Crippen LogP contribution < -0.4 is 5.32 Å². The van der Waals surface area contributed by atoms with E-state index in [-0.39, 0.29) is 23.8 Å². The van der Waals surface area contributed by atoms with Crippen molar-refractivity contribution in [1.82, 2.24) is 19.7 Å². The van der Waals surface area contributed by atoms with Crippen LogP contribution in [-0.2, 0) is 18.3 Å². The molecule has 1 aliphatic carbocycles. The Hall–Kier alpha value is -2.34. The average molecular weight is 439 g/mol. The molecule has 1 saturated heterocycles. The largest absolute Gasteiger partial charge is 0.350 e. The fourth-order valence-corrected chi connectivity index (χ4v) is 5.69. The maximum Gasteiger partial charge on any atom is 0.324 e. The van der Waals surface area contributed by atoms with Crippen LogP contribution in [-0.4, -0.2) is 57.0 Å². The van der Waals surface area contributed by atoms with E-state index in [1.165, 1.54) is 26.9 Å². The Balaban J connectivity index is 1.67. The summed E-state index contributed by atoms with van der Waals surface area (Å²) in [5.74, 6) is -0.00362. The number of nitrogens with zero attached hydrogens (tertiary/aromatic N) is 3. The number of fused-ring (bicyclic) bond motifs is 2. The molecule has 4 rings (SSSR count). The number of rotatable bonds is 1. The van der Waals surface area contributed by atoms with Crippen molar-refractivity contribution in [3.8, 4) is 0 Å². The van der Waals surface area contributed by atoms with Crippen LogP contribution >= 0.6 is 0 Å². The number of amides is 3. The van der Waals surface area contributed by atoms with Crippen LogP contribution in [0.5, 0.6) is 0 Å². The molecule has 3 atom stereocenters. The molecular weight excluding hydrogens is 400 g/mol. The molecule has 32 heavy (non-hydrogen) atoms. The molecule has 1 N–H and O–H groups in total. The zero-order valence-corrected chi connectivity index (χ0v) is 20.8. The second-order valence-corrected chi connectivity index (χ2v) is 11.8. The van der Waals surface area contributed by atoms with Crippen LogP contribution in [0.3, 0.4) is 0 Å². The summed E-state index contributed by atoms with van der Waals surface area (Å²) in [6, 6.07) is 6.61. The van der Waals surface area contributed by atoms with E-state index in [1.54, 1.807) is 0 Å². The van der Waals surface area contributed by atoms with E-state index in [0.717, 1.165) is 12.8 Å². The van der Waals surface area contributed by atoms with Gasteiger partial charge in [-0.1, -0.05) is 12.1 Å². The number of hydrogen-bond donors (Lipinski definition) is 1. The lowest BCUT2D eigenvalue weighted by atomic mass is 9.72. The molecule has 2 aromatic rings. The molecule has 1 aliphatic heterocycles. The van der Waals surface area contributed by atoms with Gasteiger partial charge in [-0.2, -0.15) is 0 Å². The van der Waals surface area contributed by atoms with Crippen molar-refractivity contribution in [3.63, 3.8) is 0 Å². The minimum atomic E-state index is -0.596. The van der Waals surface area contributed by atoms with E-state index < -0.39 is 11.1 Å². The van der Waals surface area contributed by atoms with Gasteiger partial charge in [0.1, 0.15) is 0 Å². The zero-order valence-electron chi connectivity index (χ0n) is 20.8. The lowest BCUT2D eigenvalue weighted by molar-refractivity contribution is -0.138. The first-order valence-corrected chi connectivity index (χ1v) is 11.7. The zero-order chi connectivity index (χ0) is 23.6. The number of carbonyl (C=O) groups excluding carboxylic acids is 2. The van der Waals surface area contributed by atoms with E-state index >= 15 is 0 Å². The summed E-state index contributed by atoms with van der Waals surface area (Å²) in [6.07, 6.45) is 4.04. The molecule has 3 amide bonds. The summed E-state index contributed by atoms with van der Waals surface area (Å²) in [5, 5.41) is 4.35. The SMILES string of the molecule is CN1CC(C(=O)N(C(=O)NC(C)(C)C)C(C)(C)C)CC2c3cccc4c3c(cn4C)C[C@H]21. The molecule has 1 aromatic heterocycles. The van der Waals surface area contributed by atoms with E-state index in [0.29, 0.717) is 12.6 Å². The number of aromatic nitrogens is 1. The number of nitrogens with one attached hydrogen (secondary N) is 1. The number of benzene rings is 1.